The van der Waals surface area contributed by atoms with E-state index in [2.05, 4.69) is 0 Å². The van der Waals surface area contributed by atoms with E-state index in [1.54, 1.807) is 0 Å². The summed E-state index contributed by atoms with van der Waals surface area (Å²) >= 11 is 16.6. The molecule has 0 atom stereocenters. The molecule has 0 aliphatic rings. The molecule has 0 aliphatic carbocycles. The van der Waals surface area contributed by atoms with E-state index in [9.17, 15) is 0 Å². The van der Waals surface area contributed by atoms with Crippen molar-refractivity contribution in [3.63, 3.8) is 0 Å². The van der Waals surface area contributed by atoms with Gasteiger partial charge in [-0.1, -0.05) is 34.8 Å². The Kier molecular flexibility index (Phi) is 6.03. The van der Waals surface area contributed by atoms with E-state index in [1.165, 1.54) is 12.1 Å². The van der Waals surface area contributed by atoms with Gasteiger partial charge in [-0.2, -0.15) is 0 Å². The number of benzene rings is 1. The van der Waals surface area contributed by atoms with Crippen LogP contribution in [-0.4, -0.2) is 56.5 Å². The van der Waals surface area contributed by atoms with Crippen LogP contribution in [0, 0.1) is 0 Å². The van der Waals surface area contributed by atoms with Crippen LogP contribution in [0.5, 0.6) is 5.75 Å². The van der Waals surface area contributed by atoms with E-state index in [4.69, 9.17) is 39.9 Å². The van der Waals surface area contributed by atoms with Gasteiger partial charge in [0.1, 0.15) is 10.8 Å². The molecule has 0 saturated heterocycles. The summed E-state index contributed by atoms with van der Waals surface area (Å²) in [5.74, 6) is -0.0592. The molecule has 0 amide bonds. The minimum atomic E-state index is -0.0592. The Balaban J connectivity index is 0.000001000. The van der Waals surface area contributed by atoms with Gasteiger partial charge < -0.3 is 5.11 Å². The van der Waals surface area contributed by atoms with Crippen molar-refractivity contribution in [3.8, 4) is 5.75 Å². The molecule has 1 aromatic rings. The fourth-order valence-electron chi connectivity index (χ4n) is 0.516. The van der Waals surface area contributed by atoms with Gasteiger partial charge in [0.2, 0.25) is 0 Å². The van der Waals surface area contributed by atoms with Crippen LogP contribution in [0.3, 0.4) is 0 Å². The molecule has 0 fully saturated rings. The number of hydrogen-bond acceptors (Lipinski definition) is 1. The van der Waals surface area contributed by atoms with Crippen molar-refractivity contribution in [2.45, 2.75) is 0 Å². The molecule has 56 valence electrons. The number of hydrogen-bond donors (Lipinski definition) is 1. The quantitative estimate of drug-likeness (QED) is 0.543. The van der Waals surface area contributed by atoms with E-state index >= 15 is 0 Å². The Hall–Kier alpha value is 1.53. The number of phenols is 1. The first-order valence-electron chi connectivity index (χ1n) is 2.45. The van der Waals surface area contributed by atoms with E-state index in [1.807, 2.05) is 0 Å². The van der Waals surface area contributed by atoms with Gasteiger partial charge in [-0.3, -0.25) is 0 Å². The third-order valence-corrected chi connectivity index (χ3v) is 2.30. The van der Waals surface area contributed by atoms with Crippen molar-refractivity contribution in [2.75, 3.05) is 0 Å². The molecule has 5 heteroatoms. The summed E-state index contributed by atoms with van der Waals surface area (Å²) < 4.78 is 0. The third-order valence-electron chi connectivity index (χ3n) is 1.01. The Morgan fingerprint density at radius 3 is 2.00 bits per heavy atom. The maximum atomic E-state index is 8.95. The van der Waals surface area contributed by atoms with Gasteiger partial charge >= 0.3 is 51.4 Å². The molecule has 0 radical (unpaired) electrons. The molecule has 0 aliphatic heterocycles. The van der Waals surface area contributed by atoms with Crippen molar-refractivity contribution in [1.29, 1.82) is 0 Å². The van der Waals surface area contributed by atoms with Gasteiger partial charge in [-0.05, 0) is 12.1 Å². The van der Waals surface area contributed by atoms with Crippen molar-refractivity contribution in [1.82, 2.24) is 0 Å². The topological polar surface area (TPSA) is 20.2 Å². The standard InChI is InChI=1S/C6H3Cl3O.K.H/c7-3-1-2-4(10)6(9)5(3)8;;/h1-2,10H;;. The summed E-state index contributed by atoms with van der Waals surface area (Å²) in [4.78, 5) is 0. The molecule has 0 aromatic heterocycles. The zero-order valence-electron chi connectivity index (χ0n) is 4.74. The van der Waals surface area contributed by atoms with E-state index in [-0.39, 0.29) is 67.2 Å². The summed E-state index contributed by atoms with van der Waals surface area (Å²) in [5, 5.41) is 9.56. The molecule has 11 heavy (non-hydrogen) atoms. The molecule has 1 N–H and O–H groups in total. The Labute approximate surface area is 122 Å². The molecule has 0 heterocycles. The average Bonchev–Trinajstić information content (AvgIpc) is 1.93. The SMILES string of the molecule is Oc1ccc(Cl)c(Cl)c1Cl.[KH]. The van der Waals surface area contributed by atoms with Crippen LogP contribution in [-0.2, 0) is 0 Å². The van der Waals surface area contributed by atoms with E-state index in [0.29, 0.717) is 5.02 Å². The monoisotopic (exact) mass is 236 g/mol. The first kappa shape index (κ1) is 12.5. The normalized spacial score (nSPS) is 9.00. The van der Waals surface area contributed by atoms with Crippen molar-refractivity contribution >= 4 is 86.2 Å². The second kappa shape index (κ2) is 5.30. The van der Waals surface area contributed by atoms with Crippen LogP contribution in [0.4, 0.5) is 0 Å². The molecule has 1 rings (SSSR count). The van der Waals surface area contributed by atoms with E-state index < -0.39 is 0 Å². The summed E-state index contributed by atoms with van der Waals surface area (Å²) in [6.45, 7) is 0. The Bertz CT molecular complexity index is 237. The van der Waals surface area contributed by atoms with Crippen LogP contribution < -0.4 is 0 Å². The Morgan fingerprint density at radius 2 is 1.55 bits per heavy atom. The fraction of sp³-hybridized carbons (Fsp3) is 0. The Morgan fingerprint density at radius 1 is 1.00 bits per heavy atom. The molecule has 1 nitrogen and oxygen atoms in total. The van der Waals surface area contributed by atoms with E-state index in [0.717, 1.165) is 0 Å². The van der Waals surface area contributed by atoms with Crippen LogP contribution >= 0.6 is 34.8 Å². The average molecular weight is 238 g/mol. The first-order valence-corrected chi connectivity index (χ1v) is 3.59. The zero-order valence-corrected chi connectivity index (χ0v) is 7.00. The van der Waals surface area contributed by atoms with Crippen LogP contribution in [0.25, 0.3) is 0 Å². The molecule has 0 bridgehead atoms. The maximum absolute atomic E-state index is 8.95. The molecule has 1 aromatic carbocycles. The molecule has 0 unspecified atom stereocenters. The van der Waals surface area contributed by atoms with Crippen molar-refractivity contribution in [3.05, 3.63) is 27.2 Å². The number of halogens is 3. The second-order valence-electron chi connectivity index (χ2n) is 1.69. The summed E-state index contributed by atoms with van der Waals surface area (Å²) in [7, 11) is 0. The van der Waals surface area contributed by atoms with Gasteiger partial charge in [0.25, 0.3) is 0 Å². The summed E-state index contributed by atoms with van der Waals surface area (Å²) in [6, 6.07) is 2.86. The third kappa shape index (κ3) is 3.05. The number of rotatable bonds is 0. The van der Waals surface area contributed by atoms with Gasteiger partial charge in [0.05, 0.1) is 10.0 Å². The molecular formula is C6H4Cl3KO. The summed E-state index contributed by atoms with van der Waals surface area (Å²) in [6.07, 6.45) is 0. The molecule has 0 spiro atoms. The van der Waals surface area contributed by atoms with Gasteiger partial charge in [0, 0.05) is 0 Å². The van der Waals surface area contributed by atoms with Crippen molar-refractivity contribution < 1.29 is 5.11 Å². The van der Waals surface area contributed by atoms with Crippen molar-refractivity contribution in [2.24, 2.45) is 0 Å². The van der Waals surface area contributed by atoms with Crippen LogP contribution in [0.2, 0.25) is 15.1 Å². The minimum absolute atomic E-state index is 0. The van der Waals surface area contributed by atoms with Crippen LogP contribution in [0.15, 0.2) is 12.1 Å². The van der Waals surface area contributed by atoms with Gasteiger partial charge in [0.15, 0.2) is 0 Å². The molecular weight excluding hydrogens is 234 g/mol. The fourth-order valence-corrected chi connectivity index (χ4v) is 1.05. The summed E-state index contributed by atoms with van der Waals surface area (Å²) in [5.41, 5.74) is 0. The second-order valence-corrected chi connectivity index (χ2v) is 2.86. The predicted octanol–water partition coefficient (Wildman–Crippen LogP) is 2.70. The van der Waals surface area contributed by atoms with Crippen LogP contribution in [0.1, 0.15) is 0 Å². The van der Waals surface area contributed by atoms with Gasteiger partial charge in [-0.15, -0.1) is 0 Å². The van der Waals surface area contributed by atoms with Gasteiger partial charge in [-0.25, -0.2) is 0 Å². The predicted molar refractivity (Wildman–Crippen MR) is 50.3 cm³/mol. The zero-order chi connectivity index (χ0) is 7.72. The molecule has 0 saturated carbocycles. The number of phenolic OH excluding ortho intramolecular Hbond substituents is 1. The number of aromatic hydroxyl groups is 1. The first-order chi connectivity index (χ1) is 4.63.